The van der Waals surface area contributed by atoms with Gasteiger partial charge in [0.25, 0.3) is 0 Å². The molecule has 92 valence electrons. The van der Waals surface area contributed by atoms with Gasteiger partial charge < -0.3 is 15.8 Å². The fourth-order valence-electron chi connectivity index (χ4n) is 1.60. The van der Waals surface area contributed by atoms with Gasteiger partial charge >= 0.3 is 5.97 Å². The molecular formula is C12H16N2O3. The molecule has 0 bridgehead atoms. The highest BCUT2D eigenvalue weighted by Crippen LogP contribution is 2.21. The molecule has 5 heteroatoms. The lowest BCUT2D eigenvalue weighted by atomic mass is 10.0. The Hall–Kier alpha value is -2.04. The third-order valence-corrected chi connectivity index (χ3v) is 2.39. The summed E-state index contributed by atoms with van der Waals surface area (Å²) in [6, 6.07) is 4.68. The summed E-state index contributed by atoms with van der Waals surface area (Å²) >= 11 is 0. The first-order valence-electron chi connectivity index (χ1n) is 5.20. The van der Waals surface area contributed by atoms with Gasteiger partial charge in [0.2, 0.25) is 5.91 Å². The van der Waals surface area contributed by atoms with Crippen molar-refractivity contribution in [3.05, 3.63) is 29.3 Å². The molecule has 0 aliphatic rings. The van der Waals surface area contributed by atoms with Gasteiger partial charge in [0.15, 0.2) is 0 Å². The van der Waals surface area contributed by atoms with E-state index in [1.54, 1.807) is 18.2 Å². The summed E-state index contributed by atoms with van der Waals surface area (Å²) < 4.78 is 4.59. The van der Waals surface area contributed by atoms with Gasteiger partial charge in [-0.1, -0.05) is 6.07 Å². The van der Waals surface area contributed by atoms with E-state index in [4.69, 9.17) is 5.73 Å². The van der Waals surface area contributed by atoms with Crippen LogP contribution in [0.1, 0.15) is 35.8 Å². The number of esters is 1. The molecule has 3 N–H and O–H groups in total. The summed E-state index contributed by atoms with van der Waals surface area (Å²) in [6.07, 6.45) is 0. The molecule has 0 aromatic heterocycles. The van der Waals surface area contributed by atoms with E-state index < -0.39 is 5.97 Å². The van der Waals surface area contributed by atoms with Crippen LogP contribution in [-0.2, 0) is 9.53 Å². The zero-order chi connectivity index (χ0) is 13.0. The molecule has 0 radical (unpaired) electrons. The van der Waals surface area contributed by atoms with Gasteiger partial charge in [-0.3, -0.25) is 4.79 Å². The highest BCUT2D eigenvalue weighted by Gasteiger charge is 2.13. The van der Waals surface area contributed by atoms with Crippen LogP contribution in [0.25, 0.3) is 0 Å². The SMILES string of the molecule is COC(=O)c1ccc([C@@H](C)NC(C)=O)c(N)c1. The van der Waals surface area contributed by atoms with Crippen LogP contribution in [0, 0.1) is 0 Å². The number of nitrogen functional groups attached to an aromatic ring is 1. The summed E-state index contributed by atoms with van der Waals surface area (Å²) in [7, 11) is 1.31. The molecule has 1 aromatic rings. The molecule has 0 saturated heterocycles. The molecule has 0 fully saturated rings. The lowest BCUT2D eigenvalue weighted by molar-refractivity contribution is -0.119. The van der Waals surface area contributed by atoms with Gasteiger partial charge in [0, 0.05) is 12.6 Å². The Morgan fingerprint density at radius 3 is 2.53 bits per heavy atom. The molecule has 0 heterocycles. The number of rotatable bonds is 3. The number of benzene rings is 1. The molecule has 0 aliphatic carbocycles. The number of nitrogens with two attached hydrogens (primary N) is 1. The molecule has 0 spiro atoms. The zero-order valence-corrected chi connectivity index (χ0v) is 10.1. The van der Waals surface area contributed by atoms with Crippen molar-refractivity contribution in [3.63, 3.8) is 0 Å². The van der Waals surface area contributed by atoms with Crippen molar-refractivity contribution >= 4 is 17.6 Å². The summed E-state index contributed by atoms with van der Waals surface area (Å²) in [5, 5.41) is 2.73. The molecule has 0 saturated carbocycles. The highest BCUT2D eigenvalue weighted by molar-refractivity contribution is 5.90. The van der Waals surface area contributed by atoms with Crippen molar-refractivity contribution in [2.45, 2.75) is 19.9 Å². The number of hydrogen-bond acceptors (Lipinski definition) is 4. The maximum atomic E-state index is 11.3. The highest BCUT2D eigenvalue weighted by atomic mass is 16.5. The number of carbonyl (C=O) groups is 2. The minimum Gasteiger partial charge on any atom is -0.465 e. The van der Waals surface area contributed by atoms with E-state index in [1.807, 2.05) is 6.92 Å². The molecule has 1 amide bonds. The second kappa shape index (κ2) is 5.34. The predicted octanol–water partition coefficient (Wildman–Crippen LogP) is 1.25. The van der Waals surface area contributed by atoms with E-state index in [-0.39, 0.29) is 11.9 Å². The number of amides is 1. The van der Waals surface area contributed by atoms with Crippen LogP contribution in [0.2, 0.25) is 0 Å². The van der Waals surface area contributed by atoms with Crippen LogP contribution in [0.4, 0.5) is 5.69 Å². The Morgan fingerprint density at radius 1 is 1.41 bits per heavy atom. The third-order valence-electron chi connectivity index (χ3n) is 2.39. The Labute approximate surface area is 99.9 Å². The van der Waals surface area contributed by atoms with E-state index in [1.165, 1.54) is 14.0 Å². The van der Waals surface area contributed by atoms with E-state index in [2.05, 4.69) is 10.1 Å². The molecule has 0 unspecified atom stereocenters. The Morgan fingerprint density at radius 2 is 2.06 bits per heavy atom. The fourth-order valence-corrected chi connectivity index (χ4v) is 1.60. The maximum absolute atomic E-state index is 11.3. The number of hydrogen-bond donors (Lipinski definition) is 2. The van der Waals surface area contributed by atoms with Crippen LogP contribution in [0.5, 0.6) is 0 Å². The number of ether oxygens (including phenoxy) is 1. The van der Waals surface area contributed by atoms with Crippen LogP contribution in [-0.4, -0.2) is 19.0 Å². The van der Waals surface area contributed by atoms with E-state index in [9.17, 15) is 9.59 Å². The standard InChI is InChI=1S/C12H16N2O3/c1-7(14-8(2)15)10-5-4-9(6-11(10)13)12(16)17-3/h4-7H,13H2,1-3H3,(H,14,15)/t7-/m1/s1. The maximum Gasteiger partial charge on any atom is 0.337 e. The van der Waals surface area contributed by atoms with Crippen molar-refractivity contribution in [2.24, 2.45) is 0 Å². The lowest BCUT2D eigenvalue weighted by Crippen LogP contribution is -2.24. The minimum absolute atomic E-state index is 0.131. The van der Waals surface area contributed by atoms with E-state index >= 15 is 0 Å². The third kappa shape index (κ3) is 3.21. The molecule has 1 aromatic carbocycles. The monoisotopic (exact) mass is 236 g/mol. The van der Waals surface area contributed by atoms with Crippen LogP contribution in [0.15, 0.2) is 18.2 Å². The normalized spacial score (nSPS) is 11.7. The molecule has 17 heavy (non-hydrogen) atoms. The van der Waals surface area contributed by atoms with Crippen molar-refractivity contribution in [2.75, 3.05) is 12.8 Å². The Balaban J connectivity index is 2.97. The lowest BCUT2D eigenvalue weighted by Gasteiger charge is -2.15. The summed E-state index contributed by atoms with van der Waals surface area (Å²) in [4.78, 5) is 22.2. The van der Waals surface area contributed by atoms with Gasteiger partial charge in [0.1, 0.15) is 0 Å². The quantitative estimate of drug-likeness (QED) is 0.611. The zero-order valence-electron chi connectivity index (χ0n) is 10.1. The molecular weight excluding hydrogens is 220 g/mol. The van der Waals surface area contributed by atoms with Gasteiger partial charge in [0.05, 0.1) is 18.7 Å². The summed E-state index contributed by atoms with van der Waals surface area (Å²) in [6.45, 7) is 3.26. The first-order chi connectivity index (χ1) is 7.95. The Kier molecular flexibility index (Phi) is 4.09. The molecule has 0 aliphatic heterocycles. The van der Waals surface area contributed by atoms with Crippen molar-refractivity contribution in [1.29, 1.82) is 0 Å². The average Bonchev–Trinajstić information content (AvgIpc) is 2.26. The smallest absolute Gasteiger partial charge is 0.337 e. The Bertz CT molecular complexity index is 443. The van der Waals surface area contributed by atoms with Gasteiger partial charge in [-0.05, 0) is 24.6 Å². The van der Waals surface area contributed by atoms with Gasteiger partial charge in [-0.25, -0.2) is 4.79 Å². The second-order valence-electron chi connectivity index (χ2n) is 3.76. The fraction of sp³-hybridized carbons (Fsp3) is 0.333. The molecule has 1 atom stereocenters. The topological polar surface area (TPSA) is 81.4 Å². The van der Waals surface area contributed by atoms with Crippen molar-refractivity contribution in [3.8, 4) is 0 Å². The number of methoxy groups -OCH3 is 1. The molecule has 5 nitrogen and oxygen atoms in total. The van der Waals surface area contributed by atoms with Crippen LogP contribution in [0.3, 0.4) is 0 Å². The first kappa shape index (κ1) is 13.0. The van der Waals surface area contributed by atoms with Crippen molar-refractivity contribution in [1.82, 2.24) is 5.32 Å². The first-order valence-corrected chi connectivity index (χ1v) is 5.20. The van der Waals surface area contributed by atoms with E-state index in [0.29, 0.717) is 11.3 Å². The minimum atomic E-state index is -0.435. The van der Waals surface area contributed by atoms with Gasteiger partial charge in [-0.2, -0.15) is 0 Å². The van der Waals surface area contributed by atoms with Crippen molar-refractivity contribution < 1.29 is 14.3 Å². The number of nitrogens with one attached hydrogen (secondary N) is 1. The summed E-state index contributed by atoms with van der Waals surface area (Å²) in [5.74, 6) is -0.565. The molecule has 1 rings (SSSR count). The number of carbonyl (C=O) groups excluding carboxylic acids is 2. The second-order valence-corrected chi connectivity index (χ2v) is 3.76. The van der Waals surface area contributed by atoms with Gasteiger partial charge in [-0.15, -0.1) is 0 Å². The van der Waals surface area contributed by atoms with Crippen LogP contribution < -0.4 is 11.1 Å². The van der Waals surface area contributed by atoms with Crippen LogP contribution >= 0.6 is 0 Å². The summed E-state index contributed by atoms with van der Waals surface area (Å²) in [5.41, 5.74) is 7.45. The number of anilines is 1. The average molecular weight is 236 g/mol. The predicted molar refractivity (Wildman–Crippen MR) is 64.4 cm³/mol. The largest absolute Gasteiger partial charge is 0.465 e. The van der Waals surface area contributed by atoms with E-state index in [0.717, 1.165) is 5.56 Å².